The number of hydrogen-bond acceptors (Lipinski definition) is 20. The molecule has 534 valence electrons. The number of carboxylic acids is 1. The molecular formula is C64H99N13O17S2. The summed E-state index contributed by atoms with van der Waals surface area (Å²) < 4.78 is 46.2. The molecular weight excluding hydrogens is 1290 g/mol. The quantitative estimate of drug-likeness (QED) is 0.0242. The van der Waals surface area contributed by atoms with Crippen molar-refractivity contribution in [3.8, 4) is 0 Å². The van der Waals surface area contributed by atoms with E-state index in [2.05, 4.69) is 23.3 Å². The molecule has 32 heteroatoms. The van der Waals surface area contributed by atoms with Crippen LogP contribution >= 0.6 is 12.6 Å². The van der Waals surface area contributed by atoms with E-state index in [9.17, 15) is 51.9 Å². The summed E-state index contributed by atoms with van der Waals surface area (Å²) in [6.07, 6.45) is 12.0. The van der Waals surface area contributed by atoms with E-state index in [1.54, 1.807) is 26.0 Å². The number of thiol groups is 1. The Labute approximate surface area is 567 Å². The monoisotopic (exact) mass is 1390 g/mol. The van der Waals surface area contributed by atoms with Crippen molar-refractivity contribution in [1.29, 1.82) is 0 Å². The van der Waals surface area contributed by atoms with Crippen LogP contribution in [0, 0.1) is 0 Å². The minimum absolute atomic E-state index is 0.0169. The van der Waals surface area contributed by atoms with Crippen LogP contribution in [0.4, 0.5) is 11.8 Å². The number of benzene rings is 1. The van der Waals surface area contributed by atoms with Gasteiger partial charge in [-0.1, -0.05) is 50.7 Å². The maximum atomic E-state index is 15.1. The Hall–Kier alpha value is -7.62. The molecule has 0 aliphatic heterocycles. The van der Waals surface area contributed by atoms with E-state index in [-0.39, 0.29) is 81.4 Å². The molecule has 0 radical (unpaired) electrons. The van der Waals surface area contributed by atoms with Crippen LogP contribution in [0.2, 0.25) is 0 Å². The van der Waals surface area contributed by atoms with Gasteiger partial charge in [-0.25, -0.2) is 18.4 Å². The molecule has 3 aromatic rings. The average molecular weight is 1390 g/mol. The Morgan fingerprint density at radius 2 is 1.06 bits per heavy atom. The second kappa shape index (κ2) is 42.1. The van der Waals surface area contributed by atoms with Crippen molar-refractivity contribution in [1.82, 2.24) is 39.6 Å². The highest BCUT2D eigenvalue weighted by atomic mass is 32.2. The van der Waals surface area contributed by atoms with Crippen molar-refractivity contribution in [3.05, 3.63) is 66.6 Å². The zero-order chi connectivity index (χ0) is 70.0. The van der Waals surface area contributed by atoms with Crippen molar-refractivity contribution in [3.63, 3.8) is 0 Å². The minimum atomic E-state index is -3.98. The van der Waals surface area contributed by atoms with Gasteiger partial charge in [0.25, 0.3) is 0 Å². The summed E-state index contributed by atoms with van der Waals surface area (Å²) in [7, 11) is -3.98. The largest absolute Gasteiger partial charge is 0.480 e. The number of sulfonamides is 1. The predicted molar refractivity (Wildman–Crippen MR) is 358 cm³/mol. The molecule has 2 heterocycles. The van der Waals surface area contributed by atoms with Crippen LogP contribution < -0.4 is 32.1 Å². The second-order valence-electron chi connectivity index (χ2n) is 23.7. The van der Waals surface area contributed by atoms with Gasteiger partial charge in [0, 0.05) is 57.1 Å². The van der Waals surface area contributed by atoms with Crippen LogP contribution in [0.5, 0.6) is 0 Å². The second-order valence-corrected chi connectivity index (χ2v) is 25.7. The molecule has 1 atom stereocenters. The molecule has 1 unspecified atom stereocenters. The molecule has 2 aromatic heterocycles. The third kappa shape index (κ3) is 26.8. The van der Waals surface area contributed by atoms with Crippen molar-refractivity contribution < 1.29 is 79.8 Å². The highest BCUT2D eigenvalue weighted by Gasteiger charge is 2.37. The molecule has 2 saturated carbocycles. The van der Waals surface area contributed by atoms with E-state index in [4.69, 9.17) is 34.9 Å². The van der Waals surface area contributed by atoms with Crippen LogP contribution in [-0.4, -0.2) is 249 Å². The normalized spacial score (nSPS) is 13.8. The van der Waals surface area contributed by atoms with Crippen LogP contribution in [0.1, 0.15) is 116 Å². The lowest BCUT2D eigenvalue weighted by Crippen LogP contribution is -2.56. The number of unbranched alkanes of at least 4 members (excludes halogenated alkanes) is 2. The number of carboxylic acid groups (broad SMARTS) is 1. The maximum Gasteiger partial charge on any atom is 0.326 e. The molecule has 1 aromatic carbocycles. The van der Waals surface area contributed by atoms with Gasteiger partial charge >= 0.3 is 5.97 Å². The Balaban J connectivity index is 1.37. The Bertz CT molecular complexity index is 3040. The lowest BCUT2D eigenvalue weighted by Gasteiger charge is -2.39. The number of anilines is 2. The number of ether oxygens (including phenoxy) is 2. The van der Waals surface area contributed by atoms with Gasteiger partial charge in [-0.2, -0.15) is 12.6 Å². The average Bonchev–Trinajstić information content (AvgIpc) is 1.04. The zero-order valence-electron chi connectivity index (χ0n) is 55.4. The van der Waals surface area contributed by atoms with E-state index >= 15 is 9.59 Å². The molecule has 0 spiro atoms. The van der Waals surface area contributed by atoms with E-state index in [1.165, 1.54) is 73.4 Å². The molecule has 2 aliphatic rings. The van der Waals surface area contributed by atoms with Crippen LogP contribution in [0.3, 0.4) is 0 Å². The standard InChI is InChI=1S/C64H99N13O17S2/c1-3-91-46-73(56(80)39-72(55(79)37-68-54-21-15-34-93-54)33-27-48-23-25-51(26-24-48)96(67,89)90)40-57(81)74(47-92-4-2)42-61(85)77(63-22-16-35-94-63)44-59(83)71(32-14-12-30-66)41-60(84)76(50-19-9-6-10-20-50)45-62(86)75(49-17-7-5-8-18-49)43-58(82)70(31-13-11-29-65)38-53(78)69-52(28-36-95)64(87)88/h15-16,21-26,34-35,49-50,52,68,95H,3-14,17-20,27-33,36-47,65-66H2,1-2H3,(H,69,78)(H,87,88)(H2,67,89,90). The Kier molecular flexibility index (Phi) is 34.7. The summed E-state index contributed by atoms with van der Waals surface area (Å²) >= 11 is 4.12. The topological polar surface area (TPSA) is 398 Å². The fourth-order valence-corrected chi connectivity index (χ4v) is 12.0. The smallest absolute Gasteiger partial charge is 0.326 e. The minimum Gasteiger partial charge on any atom is -0.480 e. The lowest BCUT2D eigenvalue weighted by molar-refractivity contribution is -0.151. The van der Waals surface area contributed by atoms with Crippen LogP contribution in [-0.2, 0) is 73.9 Å². The van der Waals surface area contributed by atoms with Crippen molar-refractivity contribution in [2.24, 2.45) is 16.6 Å². The van der Waals surface area contributed by atoms with Gasteiger partial charge in [-0.05, 0) is 127 Å². The number of rotatable bonds is 44. The van der Waals surface area contributed by atoms with Crippen molar-refractivity contribution >= 4 is 93.6 Å². The third-order valence-electron chi connectivity index (χ3n) is 16.6. The number of amides is 9. The summed E-state index contributed by atoms with van der Waals surface area (Å²) in [5.74, 6) is -6.64. The van der Waals surface area contributed by atoms with Gasteiger partial charge in [-0.3, -0.25) is 48.1 Å². The van der Waals surface area contributed by atoms with E-state index in [0.29, 0.717) is 69.4 Å². The highest BCUT2D eigenvalue weighted by molar-refractivity contribution is 7.89. The van der Waals surface area contributed by atoms with Crippen molar-refractivity contribution in [2.75, 3.05) is 134 Å². The molecule has 0 bridgehead atoms. The van der Waals surface area contributed by atoms with Crippen molar-refractivity contribution in [2.45, 2.75) is 140 Å². The first-order valence-electron chi connectivity index (χ1n) is 33.0. The van der Waals surface area contributed by atoms with Gasteiger partial charge < -0.3 is 79.8 Å². The molecule has 0 saturated heterocycles. The van der Waals surface area contributed by atoms with Gasteiger partial charge in [0.05, 0.1) is 43.6 Å². The first-order chi connectivity index (χ1) is 46.1. The number of hydrogen-bond donors (Lipinski definition) is 7. The highest BCUT2D eigenvalue weighted by Crippen LogP contribution is 2.27. The predicted octanol–water partition coefficient (Wildman–Crippen LogP) is 2.03. The van der Waals surface area contributed by atoms with Crippen LogP contribution in [0.15, 0.2) is 74.8 Å². The summed E-state index contributed by atoms with van der Waals surface area (Å²) in [5.41, 5.74) is 12.3. The number of nitrogens with two attached hydrogens (primary N) is 3. The Morgan fingerprint density at radius 3 is 1.56 bits per heavy atom. The number of aliphatic carboxylic acids is 1. The first-order valence-corrected chi connectivity index (χ1v) is 35.2. The number of nitrogens with zero attached hydrogens (tertiary/aromatic N) is 8. The van der Waals surface area contributed by atoms with Gasteiger partial charge in [0.15, 0.2) is 5.88 Å². The summed E-state index contributed by atoms with van der Waals surface area (Å²) in [6, 6.07) is 9.88. The number of nitrogens with one attached hydrogen (secondary N) is 2. The fraction of sp³-hybridized carbons (Fsp3) is 0.625. The number of carbonyl (C=O) groups is 10. The number of carbonyl (C=O) groups excluding carboxylic acids is 9. The molecule has 5 rings (SSSR count). The van der Waals surface area contributed by atoms with Gasteiger partial charge in [-0.15, -0.1) is 0 Å². The van der Waals surface area contributed by atoms with Gasteiger partial charge in [0.1, 0.15) is 52.2 Å². The van der Waals surface area contributed by atoms with Gasteiger partial charge in [0.2, 0.25) is 69.1 Å². The fourth-order valence-electron chi connectivity index (χ4n) is 11.2. The number of furan rings is 2. The molecule has 9 N–H and O–H groups in total. The summed E-state index contributed by atoms with van der Waals surface area (Å²) in [6.45, 7) is -1.29. The number of primary sulfonamides is 1. The third-order valence-corrected chi connectivity index (χ3v) is 17.8. The first kappa shape index (κ1) is 79.1. The molecule has 2 aliphatic carbocycles. The molecule has 2 fully saturated rings. The van der Waals surface area contributed by atoms with E-state index in [0.717, 1.165) is 53.2 Å². The molecule has 96 heavy (non-hydrogen) atoms. The lowest BCUT2D eigenvalue weighted by atomic mass is 9.93. The summed E-state index contributed by atoms with van der Waals surface area (Å²) in [4.78, 5) is 152. The SMILES string of the molecule is CCOCN(CC(=O)N(COCC)CC(=O)N(CC(=O)N(CCCCN)CC(=O)N(CC(=O)N(CC(=O)N(CCCCN)CC(=O)NC(CCS)C(=O)O)C1CCCCC1)C1CCCCC1)c1ccco1)C(=O)CN(CCc1ccc(S(N)(=O)=O)cc1)C(=O)CNc1ccco1. The maximum absolute atomic E-state index is 15.1. The Morgan fingerprint density at radius 1 is 0.583 bits per heavy atom. The van der Waals surface area contributed by atoms with Crippen LogP contribution in [0.25, 0.3) is 0 Å². The van der Waals surface area contributed by atoms with E-state index in [1.807, 2.05) is 0 Å². The summed E-state index contributed by atoms with van der Waals surface area (Å²) in [5, 5.41) is 20.4. The molecule has 9 amide bonds. The zero-order valence-corrected chi connectivity index (χ0v) is 57.1. The molecule has 30 nitrogen and oxygen atoms in total. The van der Waals surface area contributed by atoms with E-state index < -0.39 is 147 Å².